The first-order chi connectivity index (χ1) is 20.3. The molecule has 0 atom stereocenters. The number of para-hydroxylation sites is 4. The number of fused-ring (bicyclic) bond motifs is 3. The second-order valence-electron chi connectivity index (χ2n) is 10.7. The van der Waals surface area contributed by atoms with Gasteiger partial charge < -0.3 is 9.64 Å². The maximum atomic E-state index is 12.1. The summed E-state index contributed by atoms with van der Waals surface area (Å²) in [7, 11) is -3.31. The van der Waals surface area contributed by atoms with E-state index in [1.165, 1.54) is 11.8 Å². The molecule has 0 bridgehead atoms. The lowest BCUT2D eigenvalue weighted by atomic mass is 9.94. The highest BCUT2D eigenvalue weighted by Crippen LogP contribution is 2.52. The van der Waals surface area contributed by atoms with E-state index < -0.39 is 9.84 Å². The summed E-state index contributed by atoms with van der Waals surface area (Å²) in [4.78, 5) is 7.79. The quantitative estimate of drug-likeness (QED) is 0.212. The van der Waals surface area contributed by atoms with Crippen LogP contribution in [-0.4, -0.2) is 19.7 Å². The van der Waals surface area contributed by atoms with Crippen molar-refractivity contribution in [3.8, 4) is 33.9 Å². The van der Waals surface area contributed by atoms with E-state index in [9.17, 15) is 8.42 Å². The van der Waals surface area contributed by atoms with Crippen molar-refractivity contribution in [3.63, 3.8) is 0 Å². The molecular formula is C36H28N2O3S. The SMILES string of the molecule is Cc1ccc(-c2cc(-c3ccc(S(C)(=O)=O)cc3)nc3c(N4c5ccccc5Oc5ccccc54)ccc(C)c23)cc1. The number of aromatic nitrogens is 1. The number of aryl methyl sites for hydroxylation is 2. The van der Waals surface area contributed by atoms with Crippen LogP contribution in [0.5, 0.6) is 11.5 Å². The second kappa shape index (κ2) is 9.86. The fourth-order valence-electron chi connectivity index (χ4n) is 5.62. The number of anilines is 3. The number of ether oxygens (including phenoxy) is 1. The molecule has 5 aromatic carbocycles. The number of nitrogens with zero attached hydrogens (tertiary/aromatic N) is 2. The summed E-state index contributed by atoms with van der Waals surface area (Å²) in [6, 6.07) is 37.9. The van der Waals surface area contributed by atoms with Crippen LogP contribution in [-0.2, 0) is 9.84 Å². The van der Waals surface area contributed by atoms with E-state index in [1.807, 2.05) is 48.5 Å². The lowest BCUT2D eigenvalue weighted by molar-refractivity contribution is 0.477. The van der Waals surface area contributed by atoms with Gasteiger partial charge in [0.1, 0.15) is 0 Å². The third kappa shape index (κ3) is 4.41. The van der Waals surface area contributed by atoms with Gasteiger partial charge in [-0.15, -0.1) is 0 Å². The number of rotatable bonds is 4. The number of hydrogen-bond donors (Lipinski definition) is 0. The first kappa shape index (κ1) is 26.0. The third-order valence-electron chi connectivity index (χ3n) is 7.76. The number of pyridine rings is 1. The number of benzene rings is 5. The zero-order chi connectivity index (χ0) is 29.0. The van der Waals surface area contributed by atoms with Crippen LogP contribution in [0.4, 0.5) is 17.1 Å². The molecule has 1 aromatic heterocycles. The van der Waals surface area contributed by atoms with E-state index in [0.29, 0.717) is 0 Å². The van der Waals surface area contributed by atoms with Gasteiger partial charge in [0.2, 0.25) is 0 Å². The Kier molecular flexibility index (Phi) is 6.10. The molecule has 0 unspecified atom stereocenters. The summed E-state index contributed by atoms with van der Waals surface area (Å²) in [5, 5.41) is 1.06. The maximum absolute atomic E-state index is 12.1. The first-order valence-corrected chi connectivity index (χ1v) is 15.6. The normalized spacial score (nSPS) is 12.5. The van der Waals surface area contributed by atoms with Crippen LogP contribution in [0.15, 0.2) is 120 Å². The fourth-order valence-corrected chi connectivity index (χ4v) is 6.25. The summed E-state index contributed by atoms with van der Waals surface area (Å²) in [5.74, 6) is 1.55. The van der Waals surface area contributed by atoms with Crippen molar-refractivity contribution < 1.29 is 13.2 Å². The van der Waals surface area contributed by atoms with Crippen molar-refractivity contribution in [2.45, 2.75) is 18.7 Å². The summed E-state index contributed by atoms with van der Waals surface area (Å²) in [6.07, 6.45) is 1.22. The molecule has 7 rings (SSSR count). The largest absolute Gasteiger partial charge is 0.453 e. The molecule has 6 aromatic rings. The van der Waals surface area contributed by atoms with Gasteiger partial charge in [-0.05, 0) is 79.1 Å². The number of sulfone groups is 1. The standard InChI is InChI=1S/C36H28N2O3S/c1-23-12-15-25(16-13-23)28-22-29(26-17-19-27(20-18-26)42(3,39)40)37-36-32(21-14-24(2)35(28)36)38-30-8-4-6-10-33(30)41-34-11-7-5-9-31(34)38/h4-22H,1-3H3. The Morgan fingerprint density at radius 3 is 1.88 bits per heavy atom. The molecule has 0 saturated heterocycles. The third-order valence-corrected chi connectivity index (χ3v) is 8.89. The van der Waals surface area contributed by atoms with Crippen molar-refractivity contribution in [1.82, 2.24) is 4.98 Å². The van der Waals surface area contributed by atoms with Crippen LogP contribution in [0, 0.1) is 13.8 Å². The van der Waals surface area contributed by atoms with Crippen molar-refractivity contribution in [2.75, 3.05) is 11.2 Å². The highest BCUT2D eigenvalue weighted by atomic mass is 32.2. The minimum Gasteiger partial charge on any atom is -0.453 e. The van der Waals surface area contributed by atoms with Crippen LogP contribution in [0.1, 0.15) is 11.1 Å². The Morgan fingerprint density at radius 2 is 1.26 bits per heavy atom. The van der Waals surface area contributed by atoms with Gasteiger partial charge in [-0.2, -0.15) is 0 Å². The molecule has 0 spiro atoms. The minimum absolute atomic E-state index is 0.281. The van der Waals surface area contributed by atoms with Gasteiger partial charge >= 0.3 is 0 Å². The summed E-state index contributed by atoms with van der Waals surface area (Å²) in [6.45, 7) is 4.20. The maximum Gasteiger partial charge on any atom is 0.175 e. The zero-order valence-corrected chi connectivity index (χ0v) is 24.3. The molecule has 0 aliphatic carbocycles. The van der Waals surface area contributed by atoms with Crippen molar-refractivity contribution in [2.24, 2.45) is 0 Å². The summed E-state index contributed by atoms with van der Waals surface area (Å²) >= 11 is 0. The van der Waals surface area contributed by atoms with Gasteiger partial charge in [0, 0.05) is 17.2 Å². The predicted octanol–water partition coefficient (Wildman–Crippen LogP) is 9.16. The molecule has 1 aliphatic heterocycles. The summed E-state index contributed by atoms with van der Waals surface area (Å²) in [5.41, 5.74) is 9.71. The van der Waals surface area contributed by atoms with Crippen LogP contribution >= 0.6 is 0 Å². The molecule has 0 radical (unpaired) electrons. The molecule has 0 amide bonds. The minimum atomic E-state index is -3.31. The van der Waals surface area contributed by atoms with Crippen LogP contribution in [0.3, 0.4) is 0 Å². The highest BCUT2D eigenvalue weighted by Gasteiger charge is 2.28. The summed E-state index contributed by atoms with van der Waals surface area (Å²) < 4.78 is 30.6. The molecule has 2 heterocycles. The Balaban J connectivity index is 1.55. The molecular weight excluding hydrogens is 540 g/mol. The van der Waals surface area contributed by atoms with Crippen molar-refractivity contribution in [1.29, 1.82) is 0 Å². The van der Waals surface area contributed by atoms with Gasteiger partial charge in [0.05, 0.1) is 33.2 Å². The van der Waals surface area contributed by atoms with Gasteiger partial charge in [-0.1, -0.05) is 72.3 Å². The highest BCUT2D eigenvalue weighted by molar-refractivity contribution is 7.90. The average Bonchev–Trinajstić information content (AvgIpc) is 3.00. The molecule has 42 heavy (non-hydrogen) atoms. The van der Waals surface area contributed by atoms with E-state index in [4.69, 9.17) is 9.72 Å². The van der Waals surface area contributed by atoms with E-state index in [0.717, 1.165) is 67.4 Å². The molecule has 6 heteroatoms. The molecule has 0 saturated carbocycles. The second-order valence-corrected chi connectivity index (χ2v) is 12.7. The van der Waals surface area contributed by atoms with Gasteiger partial charge in [0.25, 0.3) is 0 Å². The molecule has 1 aliphatic rings. The lowest BCUT2D eigenvalue weighted by Crippen LogP contribution is -2.16. The van der Waals surface area contributed by atoms with Crippen molar-refractivity contribution >= 4 is 37.8 Å². The van der Waals surface area contributed by atoms with Gasteiger partial charge in [-0.3, -0.25) is 0 Å². The lowest BCUT2D eigenvalue weighted by Gasteiger charge is -2.33. The van der Waals surface area contributed by atoms with Gasteiger partial charge in [0.15, 0.2) is 21.3 Å². The topological polar surface area (TPSA) is 59.5 Å². The Bertz CT molecular complexity index is 2060. The Morgan fingerprint density at radius 1 is 0.667 bits per heavy atom. The first-order valence-electron chi connectivity index (χ1n) is 13.8. The molecule has 206 valence electrons. The number of hydrogen-bond acceptors (Lipinski definition) is 5. The van der Waals surface area contributed by atoms with E-state index >= 15 is 0 Å². The van der Waals surface area contributed by atoms with Gasteiger partial charge in [-0.25, -0.2) is 13.4 Å². The van der Waals surface area contributed by atoms with Crippen LogP contribution in [0.25, 0.3) is 33.3 Å². The zero-order valence-electron chi connectivity index (χ0n) is 23.5. The fraction of sp³-hybridized carbons (Fsp3) is 0.0833. The molecule has 0 N–H and O–H groups in total. The van der Waals surface area contributed by atoms with E-state index in [2.05, 4.69) is 73.3 Å². The monoisotopic (exact) mass is 568 g/mol. The molecule has 5 nitrogen and oxygen atoms in total. The van der Waals surface area contributed by atoms with E-state index in [1.54, 1.807) is 12.1 Å². The van der Waals surface area contributed by atoms with Crippen LogP contribution in [0.2, 0.25) is 0 Å². The Labute approximate surface area is 245 Å². The average molecular weight is 569 g/mol. The van der Waals surface area contributed by atoms with E-state index in [-0.39, 0.29) is 4.90 Å². The predicted molar refractivity (Wildman–Crippen MR) is 170 cm³/mol. The molecule has 0 fully saturated rings. The van der Waals surface area contributed by atoms with Crippen molar-refractivity contribution in [3.05, 3.63) is 126 Å². The smallest absolute Gasteiger partial charge is 0.175 e. The Hall–Kier alpha value is -4.94. The van der Waals surface area contributed by atoms with Crippen LogP contribution < -0.4 is 9.64 Å².